The number of nitrogen functional groups attached to an aromatic ring is 1. The minimum Gasteiger partial charge on any atom is -0.397 e. The lowest BCUT2D eigenvalue weighted by atomic mass is 10.1. The minimum atomic E-state index is -0.275. The molecule has 20 heavy (non-hydrogen) atoms. The molecule has 0 spiro atoms. The summed E-state index contributed by atoms with van der Waals surface area (Å²) in [5, 5.41) is 11.7. The van der Waals surface area contributed by atoms with Gasteiger partial charge in [-0.1, -0.05) is 12.1 Å². The van der Waals surface area contributed by atoms with Crippen molar-refractivity contribution in [1.82, 2.24) is 0 Å². The zero-order chi connectivity index (χ0) is 14.7. The molecule has 0 saturated heterocycles. The van der Waals surface area contributed by atoms with E-state index in [0.29, 0.717) is 22.5 Å². The summed E-state index contributed by atoms with van der Waals surface area (Å²) in [5.74, 6) is -0.275. The van der Waals surface area contributed by atoms with Crippen LogP contribution in [0.5, 0.6) is 0 Å². The zero-order valence-corrected chi connectivity index (χ0v) is 11.4. The van der Waals surface area contributed by atoms with Gasteiger partial charge in [0, 0.05) is 5.56 Å². The Morgan fingerprint density at radius 3 is 2.70 bits per heavy atom. The topological polar surface area (TPSA) is 78.9 Å². The number of hydrogen-bond acceptors (Lipinski definition) is 3. The summed E-state index contributed by atoms with van der Waals surface area (Å²) >= 11 is 0. The third-order valence-corrected chi connectivity index (χ3v) is 3.26. The van der Waals surface area contributed by atoms with Gasteiger partial charge in [0.05, 0.1) is 23.0 Å². The van der Waals surface area contributed by atoms with Gasteiger partial charge in [-0.05, 0) is 49.2 Å². The second-order valence-corrected chi connectivity index (χ2v) is 4.62. The van der Waals surface area contributed by atoms with Crippen LogP contribution in [0.3, 0.4) is 0 Å². The van der Waals surface area contributed by atoms with E-state index in [1.165, 1.54) is 0 Å². The fourth-order valence-corrected chi connectivity index (χ4v) is 1.92. The molecule has 3 N–H and O–H groups in total. The van der Waals surface area contributed by atoms with Gasteiger partial charge in [0.1, 0.15) is 0 Å². The van der Waals surface area contributed by atoms with Crippen molar-refractivity contribution in [3.63, 3.8) is 0 Å². The van der Waals surface area contributed by atoms with Gasteiger partial charge in [-0.2, -0.15) is 5.26 Å². The van der Waals surface area contributed by atoms with E-state index in [1.807, 2.05) is 26.0 Å². The van der Waals surface area contributed by atoms with Crippen LogP contribution in [0, 0.1) is 25.2 Å². The monoisotopic (exact) mass is 265 g/mol. The standard InChI is InChI=1S/C16H15N3O/c1-10-6-7-14(18)15(11(10)2)19-16(20)13-5-3-4-12(8-13)9-17/h3-8H,18H2,1-2H3,(H,19,20). The van der Waals surface area contributed by atoms with Crippen molar-refractivity contribution in [1.29, 1.82) is 5.26 Å². The van der Waals surface area contributed by atoms with Crippen LogP contribution < -0.4 is 11.1 Å². The van der Waals surface area contributed by atoms with E-state index < -0.39 is 0 Å². The lowest BCUT2D eigenvalue weighted by Crippen LogP contribution is -2.14. The van der Waals surface area contributed by atoms with Crippen LogP contribution in [0.15, 0.2) is 36.4 Å². The Kier molecular flexibility index (Phi) is 3.72. The Morgan fingerprint density at radius 1 is 1.25 bits per heavy atom. The first kappa shape index (κ1) is 13.6. The van der Waals surface area contributed by atoms with Crippen LogP contribution in [-0.4, -0.2) is 5.91 Å². The van der Waals surface area contributed by atoms with Crippen LogP contribution in [0.4, 0.5) is 11.4 Å². The van der Waals surface area contributed by atoms with E-state index in [4.69, 9.17) is 11.0 Å². The lowest BCUT2D eigenvalue weighted by Gasteiger charge is -2.13. The molecule has 4 heteroatoms. The number of aryl methyl sites for hydroxylation is 1. The molecule has 0 bridgehead atoms. The maximum atomic E-state index is 12.2. The molecule has 0 aromatic heterocycles. The van der Waals surface area contributed by atoms with Crippen molar-refractivity contribution in [2.75, 3.05) is 11.1 Å². The van der Waals surface area contributed by atoms with Crippen LogP contribution in [0.1, 0.15) is 27.0 Å². The van der Waals surface area contributed by atoms with Crippen molar-refractivity contribution in [3.05, 3.63) is 58.7 Å². The van der Waals surface area contributed by atoms with Crippen molar-refractivity contribution in [2.24, 2.45) is 0 Å². The number of benzene rings is 2. The Balaban J connectivity index is 2.33. The molecule has 100 valence electrons. The van der Waals surface area contributed by atoms with Crippen LogP contribution in [-0.2, 0) is 0 Å². The van der Waals surface area contributed by atoms with Crippen LogP contribution in [0.25, 0.3) is 0 Å². The van der Waals surface area contributed by atoms with E-state index in [9.17, 15) is 4.79 Å². The molecule has 0 unspecified atom stereocenters. The molecular formula is C16H15N3O. The lowest BCUT2D eigenvalue weighted by molar-refractivity contribution is 0.102. The number of rotatable bonds is 2. The molecule has 1 amide bonds. The summed E-state index contributed by atoms with van der Waals surface area (Å²) < 4.78 is 0. The maximum absolute atomic E-state index is 12.2. The second-order valence-electron chi connectivity index (χ2n) is 4.62. The number of nitrogens with one attached hydrogen (secondary N) is 1. The highest BCUT2D eigenvalue weighted by Gasteiger charge is 2.11. The number of anilines is 2. The second kappa shape index (κ2) is 5.45. The van der Waals surface area contributed by atoms with Gasteiger partial charge in [-0.25, -0.2) is 0 Å². The van der Waals surface area contributed by atoms with Gasteiger partial charge < -0.3 is 11.1 Å². The first-order chi connectivity index (χ1) is 9.52. The number of carbonyl (C=O) groups is 1. The predicted octanol–water partition coefficient (Wildman–Crippen LogP) is 3.01. The van der Waals surface area contributed by atoms with Crippen molar-refractivity contribution in [2.45, 2.75) is 13.8 Å². The van der Waals surface area contributed by atoms with E-state index in [-0.39, 0.29) is 5.91 Å². The Hall–Kier alpha value is -2.80. The van der Waals surface area contributed by atoms with Gasteiger partial charge in [-0.15, -0.1) is 0 Å². The number of nitriles is 1. The van der Waals surface area contributed by atoms with E-state index in [0.717, 1.165) is 11.1 Å². The fraction of sp³-hybridized carbons (Fsp3) is 0.125. The van der Waals surface area contributed by atoms with Gasteiger partial charge in [0.25, 0.3) is 5.91 Å². The minimum absolute atomic E-state index is 0.275. The molecule has 2 aromatic rings. The van der Waals surface area contributed by atoms with Crippen LogP contribution in [0.2, 0.25) is 0 Å². The predicted molar refractivity (Wildman–Crippen MR) is 79.4 cm³/mol. The SMILES string of the molecule is Cc1ccc(N)c(NC(=O)c2cccc(C#N)c2)c1C. The first-order valence-corrected chi connectivity index (χ1v) is 6.20. The zero-order valence-electron chi connectivity index (χ0n) is 11.4. The van der Waals surface area contributed by atoms with Gasteiger partial charge >= 0.3 is 0 Å². The van der Waals surface area contributed by atoms with Gasteiger partial charge in [0.2, 0.25) is 0 Å². The van der Waals surface area contributed by atoms with Crippen molar-refractivity contribution < 1.29 is 4.79 Å². The molecule has 0 saturated carbocycles. The number of hydrogen-bond donors (Lipinski definition) is 2. The molecule has 4 nitrogen and oxygen atoms in total. The molecule has 2 aromatic carbocycles. The van der Waals surface area contributed by atoms with Gasteiger partial charge in [-0.3, -0.25) is 4.79 Å². The average Bonchev–Trinajstić information content (AvgIpc) is 2.47. The third-order valence-electron chi connectivity index (χ3n) is 3.26. The molecule has 0 aliphatic carbocycles. The highest BCUT2D eigenvalue weighted by Crippen LogP contribution is 2.26. The Bertz CT molecular complexity index is 714. The van der Waals surface area contributed by atoms with E-state index in [2.05, 4.69) is 5.32 Å². The smallest absolute Gasteiger partial charge is 0.255 e. The molecule has 2 rings (SSSR count). The van der Waals surface area contributed by atoms with E-state index in [1.54, 1.807) is 30.3 Å². The fourth-order valence-electron chi connectivity index (χ4n) is 1.92. The molecule has 0 heterocycles. The van der Waals surface area contributed by atoms with Crippen molar-refractivity contribution in [3.8, 4) is 6.07 Å². The number of amides is 1. The average molecular weight is 265 g/mol. The largest absolute Gasteiger partial charge is 0.397 e. The third kappa shape index (κ3) is 2.62. The normalized spacial score (nSPS) is 9.85. The Morgan fingerprint density at radius 2 is 2.00 bits per heavy atom. The summed E-state index contributed by atoms with van der Waals surface area (Å²) in [6.07, 6.45) is 0. The molecule has 0 aliphatic rings. The number of carbonyl (C=O) groups excluding carboxylic acids is 1. The highest BCUT2D eigenvalue weighted by atomic mass is 16.1. The van der Waals surface area contributed by atoms with Gasteiger partial charge in [0.15, 0.2) is 0 Å². The molecular weight excluding hydrogens is 250 g/mol. The number of nitrogens with zero attached hydrogens (tertiary/aromatic N) is 1. The summed E-state index contributed by atoms with van der Waals surface area (Å²) in [6.45, 7) is 3.87. The van der Waals surface area contributed by atoms with E-state index >= 15 is 0 Å². The van der Waals surface area contributed by atoms with Crippen LogP contribution >= 0.6 is 0 Å². The molecule has 0 radical (unpaired) electrons. The summed E-state index contributed by atoms with van der Waals surface area (Å²) in [7, 11) is 0. The molecule has 0 atom stereocenters. The summed E-state index contributed by atoms with van der Waals surface area (Å²) in [4.78, 5) is 12.2. The van der Waals surface area contributed by atoms with Crippen molar-refractivity contribution >= 4 is 17.3 Å². The number of nitrogens with two attached hydrogens (primary N) is 1. The first-order valence-electron chi connectivity index (χ1n) is 6.20. The quantitative estimate of drug-likeness (QED) is 0.819. The maximum Gasteiger partial charge on any atom is 0.255 e. The Labute approximate surface area is 117 Å². The summed E-state index contributed by atoms with van der Waals surface area (Å²) in [6, 6.07) is 12.2. The summed E-state index contributed by atoms with van der Waals surface area (Å²) in [5.41, 5.74) is 9.93. The molecule has 0 aliphatic heterocycles. The highest BCUT2D eigenvalue weighted by molar-refractivity contribution is 6.06. The molecule has 0 fully saturated rings.